The summed E-state index contributed by atoms with van der Waals surface area (Å²) in [6.07, 6.45) is 0.368. The lowest BCUT2D eigenvalue weighted by molar-refractivity contribution is -0.138. The van der Waals surface area contributed by atoms with E-state index in [1.54, 1.807) is 6.92 Å². The standard InChI is InChI=1S/C11H22N2O3S/c1-7(9(14)13-11(2,3)4)17-6-5-8(12)10(15)16/h7-8H,5-6,12H2,1-4H3,(H,13,14)(H,15,16). The summed E-state index contributed by atoms with van der Waals surface area (Å²) in [5.41, 5.74) is 5.12. The molecule has 0 aromatic heterocycles. The van der Waals surface area contributed by atoms with Crippen molar-refractivity contribution >= 4 is 23.6 Å². The number of carbonyl (C=O) groups excluding carboxylic acids is 1. The Morgan fingerprint density at radius 1 is 1.41 bits per heavy atom. The Hall–Kier alpha value is -0.750. The molecule has 0 rings (SSSR count). The number of nitrogens with one attached hydrogen (secondary N) is 1. The summed E-state index contributed by atoms with van der Waals surface area (Å²) in [6, 6.07) is -0.847. The monoisotopic (exact) mass is 262 g/mol. The summed E-state index contributed by atoms with van der Waals surface area (Å²) in [4.78, 5) is 22.2. The van der Waals surface area contributed by atoms with Crippen LogP contribution in [0, 0.1) is 0 Å². The molecule has 1 amide bonds. The van der Waals surface area contributed by atoms with Gasteiger partial charge in [-0.15, -0.1) is 11.8 Å². The van der Waals surface area contributed by atoms with Crippen molar-refractivity contribution in [2.24, 2.45) is 5.73 Å². The van der Waals surface area contributed by atoms with Crippen molar-refractivity contribution < 1.29 is 14.7 Å². The van der Waals surface area contributed by atoms with Crippen LogP contribution in [-0.4, -0.2) is 39.6 Å². The van der Waals surface area contributed by atoms with Gasteiger partial charge in [-0.1, -0.05) is 0 Å². The number of carboxylic acid groups (broad SMARTS) is 1. The van der Waals surface area contributed by atoms with E-state index >= 15 is 0 Å². The molecule has 0 heterocycles. The first kappa shape index (κ1) is 16.2. The summed E-state index contributed by atoms with van der Waals surface area (Å²) in [7, 11) is 0. The number of hydrogen-bond donors (Lipinski definition) is 3. The first-order valence-electron chi connectivity index (χ1n) is 5.55. The number of carboxylic acids is 1. The molecular weight excluding hydrogens is 240 g/mol. The Morgan fingerprint density at radius 3 is 2.35 bits per heavy atom. The molecular formula is C11H22N2O3S. The fourth-order valence-electron chi connectivity index (χ4n) is 1.04. The average Bonchev–Trinajstić information content (AvgIpc) is 2.14. The SMILES string of the molecule is CC(SCCC(N)C(=O)O)C(=O)NC(C)(C)C. The summed E-state index contributed by atoms with van der Waals surface area (Å²) in [5, 5.41) is 11.3. The van der Waals surface area contributed by atoms with Crippen molar-refractivity contribution in [2.45, 2.75) is 50.9 Å². The van der Waals surface area contributed by atoms with E-state index in [0.717, 1.165) is 0 Å². The summed E-state index contributed by atoms with van der Waals surface area (Å²) in [5.74, 6) is -0.476. The Kier molecular flexibility index (Phi) is 6.56. The van der Waals surface area contributed by atoms with Crippen LogP contribution in [0.2, 0.25) is 0 Å². The highest BCUT2D eigenvalue weighted by Gasteiger charge is 2.20. The van der Waals surface area contributed by atoms with E-state index in [2.05, 4.69) is 5.32 Å². The van der Waals surface area contributed by atoms with Crippen LogP contribution < -0.4 is 11.1 Å². The van der Waals surface area contributed by atoms with E-state index in [1.165, 1.54) is 11.8 Å². The minimum atomic E-state index is -1.00. The van der Waals surface area contributed by atoms with Crippen molar-refractivity contribution in [3.05, 3.63) is 0 Å². The Balaban J connectivity index is 3.90. The fourth-order valence-corrected chi connectivity index (χ4v) is 2.00. The van der Waals surface area contributed by atoms with Gasteiger partial charge in [0.1, 0.15) is 6.04 Å². The molecule has 5 nitrogen and oxygen atoms in total. The molecule has 0 spiro atoms. The minimum Gasteiger partial charge on any atom is -0.480 e. The number of thioether (sulfide) groups is 1. The van der Waals surface area contributed by atoms with E-state index in [4.69, 9.17) is 10.8 Å². The molecule has 6 heteroatoms. The predicted molar refractivity (Wildman–Crippen MR) is 70.0 cm³/mol. The number of hydrogen-bond acceptors (Lipinski definition) is 4. The third-order valence-electron chi connectivity index (χ3n) is 1.98. The Morgan fingerprint density at radius 2 is 1.94 bits per heavy atom. The van der Waals surface area contributed by atoms with E-state index in [9.17, 15) is 9.59 Å². The van der Waals surface area contributed by atoms with Crippen LogP contribution in [0.5, 0.6) is 0 Å². The molecule has 0 saturated carbocycles. The van der Waals surface area contributed by atoms with Crippen LogP contribution >= 0.6 is 11.8 Å². The molecule has 2 unspecified atom stereocenters. The second kappa shape index (κ2) is 6.86. The number of nitrogens with two attached hydrogens (primary N) is 1. The first-order chi connectivity index (χ1) is 7.63. The third kappa shape index (κ3) is 8.04. The zero-order valence-electron chi connectivity index (χ0n) is 10.8. The lowest BCUT2D eigenvalue weighted by Gasteiger charge is -2.23. The lowest BCUT2D eigenvalue weighted by atomic mass is 10.1. The maximum Gasteiger partial charge on any atom is 0.320 e. The Bertz CT molecular complexity index is 276. The lowest BCUT2D eigenvalue weighted by Crippen LogP contribution is -2.44. The van der Waals surface area contributed by atoms with Crippen molar-refractivity contribution in [3.8, 4) is 0 Å². The van der Waals surface area contributed by atoms with Crippen LogP contribution in [0.25, 0.3) is 0 Å². The molecule has 4 N–H and O–H groups in total. The average molecular weight is 262 g/mol. The molecule has 0 aromatic rings. The van der Waals surface area contributed by atoms with Gasteiger partial charge in [-0.05, 0) is 39.9 Å². The quantitative estimate of drug-likeness (QED) is 0.659. The number of aliphatic carboxylic acids is 1. The van der Waals surface area contributed by atoms with Crippen LogP contribution in [-0.2, 0) is 9.59 Å². The highest BCUT2D eigenvalue weighted by molar-refractivity contribution is 8.00. The van der Waals surface area contributed by atoms with Crippen LogP contribution in [0.1, 0.15) is 34.1 Å². The van der Waals surface area contributed by atoms with Crippen LogP contribution in [0.3, 0.4) is 0 Å². The summed E-state index contributed by atoms with van der Waals surface area (Å²) < 4.78 is 0. The Labute approximate surface area is 107 Å². The fraction of sp³-hybridized carbons (Fsp3) is 0.818. The van der Waals surface area contributed by atoms with Gasteiger partial charge in [0.15, 0.2) is 0 Å². The van der Waals surface area contributed by atoms with Crippen molar-refractivity contribution in [2.75, 3.05) is 5.75 Å². The van der Waals surface area contributed by atoms with E-state index in [-0.39, 0.29) is 16.7 Å². The predicted octanol–water partition coefficient (Wildman–Crippen LogP) is 0.825. The van der Waals surface area contributed by atoms with Gasteiger partial charge < -0.3 is 16.2 Å². The minimum absolute atomic E-state index is 0.0357. The van der Waals surface area contributed by atoms with E-state index in [1.807, 2.05) is 20.8 Å². The van der Waals surface area contributed by atoms with Gasteiger partial charge in [-0.25, -0.2) is 0 Å². The van der Waals surface area contributed by atoms with E-state index < -0.39 is 12.0 Å². The number of rotatable bonds is 6. The topological polar surface area (TPSA) is 92.4 Å². The number of carbonyl (C=O) groups is 2. The molecule has 0 fully saturated rings. The molecule has 0 aliphatic carbocycles. The van der Waals surface area contributed by atoms with Crippen molar-refractivity contribution in [1.82, 2.24) is 5.32 Å². The maximum atomic E-state index is 11.7. The molecule has 0 aromatic carbocycles. The van der Waals surface area contributed by atoms with E-state index in [0.29, 0.717) is 12.2 Å². The van der Waals surface area contributed by atoms with Crippen LogP contribution in [0.15, 0.2) is 0 Å². The van der Waals surface area contributed by atoms with Gasteiger partial charge in [0.2, 0.25) is 5.91 Å². The highest BCUT2D eigenvalue weighted by atomic mass is 32.2. The molecule has 0 radical (unpaired) electrons. The second-order valence-corrected chi connectivity index (χ2v) is 6.43. The molecule has 0 aliphatic rings. The zero-order chi connectivity index (χ0) is 13.6. The summed E-state index contributed by atoms with van der Waals surface area (Å²) in [6.45, 7) is 7.56. The normalized spacial score (nSPS) is 15.1. The maximum absolute atomic E-state index is 11.7. The van der Waals surface area contributed by atoms with Gasteiger partial charge >= 0.3 is 5.97 Å². The largest absolute Gasteiger partial charge is 0.480 e. The van der Waals surface area contributed by atoms with Gasteiger partial charge in [0, 0.05) is 5.54 Å². The van der Waals surface area contributed by atoms with Crippen molar-refractivity contribution in [3.63, 3.8) is 0 Å². The third-order valence-corrected chi connectivity index (χ3v) is 3.17. The molecule has 0 bridgehead atoms. The molecule has 0 saturated heterocycles. The summed E-state index contributed by atoms with van der Waals surface area (Å²) >= 11 is 1.42. The molecule has 100 valence electrons. The number of amides is 1. The molecule has 17 heavy (non-hydrogen) atoms. The van der Waals surface area contributed by atoms with Gasteiger partial charge in [0.25, 0.3) is 0 Å². The molecule has 2 atom stereocenters. The van der Waals surface area contributed by atoms with Gasteiger partial charge in [-0.3, -0.25) is 9.59 Å². The first-order valence-corrected chi connectivity index (χ1v) is 6.60. The van der Waals surface area contributed by atoms with Crippen molar-refractivity contribution in [1.29, 1.82) is 0 Å². The second-order valence-electron chi connectivity index (χ2n) is 4.99. The zero-order valence-corrected chi connectivity index (χ0v) is 11.6. The smallest absolute Gasteiger partial charge is 0.320 e. The molecule has 0 aliphatic heterocycles. The van der Waals surface area contributed by atoms with Gasteiger partial charge in [-0.2, -0.15) is 0 Å². The van der Waals surface area contributed by atoms with Crippen LogP contribution in [0.4, 0.5) is 0 Å². The van der Waals surface area contributed by atoms with Gasteiger partial charge in [0.05, 0.1) is 5.25 Å². The highest BCUT2D eigenvalue weighted by Crippen LogP contribution is 2.14.